The first-order valence-electron chi connectivity index (χ1n) is 6.11. The van der Waals surface area contributed by atoms with Gasteiger partial charge in [0.05, 0.1) is 17.3 Å². The Morgan fingerprint density at radius 1 is 1.29 bits per heavy atom. The van der Waals surface area contributed by atoms with Gasteiger partial charge in [-0.05, 0) is 29.8 Å². The van der Waals surface area contributed by atoms with Crippen molar-refractivity contribution < 1.29 is 9.90 Å². The van der Waals surface area contributed by atoms with E-state index in [1.54, 1.807) is 12.1 Å². The minimum Gasteiger partial charge on any atom is -0.506 e. The molecule has 0 bridgehead atoms. The monoisotopic (exact) mass is 301 g/mol. The van der Waals surface area contributed by atoms with Crippen molar-refractivity contribution in [2.45, 2.75) is 6.54 Å². The summed E-state index contributed by atoms with van der Waals surface area (Å²) in [5.41, 5.74) is 1.33. The van der Waals surface area contributed by atoms with Crippen molar-refractivity contribution in [1.29, 1.82) is 5.26 Å². The van der Waals surface area contributed by atoms with Crippen LogP contribution in [-0.4, -0.2) is 11.1 Å². The van der Waals surface area contributed by atoms with Gasteiger partial charge in [0.1, 0.15) is 5.75 Å². The number of carbonyl (C=O) groups is 1. The molecular weight excluding hydrogens is 290 g/mol. The first-order chi connectivity index (χ1) is 10.1. The van der Waals surface area contributed by atoms with E-state index in [0.717, 1.165) is 5.56 Å². The van der Waals surface area contributed by atoms with Crippen molar-refractivity contribution in [3.05, 3.63) is 58.6 Å². The van der Waals surface area contributed by atoms with Crippen LogP contribution in [0, 0.1) is 11.3 Å². The number of nitriles is 1. The molecule has 0 aliphatic heterocycles. The Balaban J connectivity index is 1.96. The number of anilines is 1. The van der Waals surface area contributed by atoms with Crippen LogP contribution in [0.1, 0.15) is 11.1 Å². The lowest BCUT2D eigenvalue weighted by molar-refractivity contribution is 0.251. The third-order valence-corrected chi connectivity index (χ3v) is 3.14. The Hall–Kier alpha value is -2.71. The molecule has 3 N–H and O–H groups in total. The van der Waals surface area contributed by atoms with Crippen LogP contribution in [0.15, 0.2) is 42.5 Å². The second-order valence-corrected chi connectivity index (χ2v) is 4.65. The Morgan fingerprint density at radius 3 is 2.71 bits per heavy atom. The molecule has 2 amide bonds. The van der Waals surface area contributed by atoms with Crippen molar-refractivity contribution in [2.75, 3.05) is 5.32 Å². The fraction of sp³-hybridized carbons (Fsp3) is 0.0667. The van der Waals surface area contributed by atoms with E-state index in [-0.39, 0.29) is 18.0 Å². The molecule has 0 atom stereocenters. The lowest BCUT2D eigenvalue weighted by atomic mass is 10.2. The Labute approximate surface area is 126 Å². The van der Waals surface area contributed by atoms with Crippen LogP contribution < -0.4 is 10.6 Å². The van der Waals surface area contributed by atoms with Gasteiger partial charge in [0.15, 0.2) is 0 Å². The maximum absolute atomic E-state index is 11.8. The molecule has 0 fully saturated rings. The number of carbonyl (C=O) groups excluding carboxylic acids is 1. The molecule has 0 aliphatic carbocycles. The number of amides is 2. The molecule has 0 spiro atoms. The third kappa shape index (κ3) is 3.88. The van der Waals surface area contributed by atoms with Gasteiger partial charge < -0.3 is 15.7 Å². The highest BCUT2D eigenvalue weighted by Gasteiger charge is 2.07. The summed E-state index contributed by atoms with van der Waals surface area (Å²) in [6.07, 6.45) is 0. The second kappa shape index (κ2) is 6.64. The van der Waals surface area contributed by atoms with Crippen molar-refractivity contribution >= 4 is 23.3 Å². The van der Waals surface area contributed by atoms with Crippen LogP contribution in [0.2, 0.25) is 5.02 Å². The molecule has 106 valence electrons. The SMILES string of the molecule is N#Cc1ccc(NC(=O)NCc2ccccc2Cl)c(O)c1. The standard InChI is InChI=1S/C15H12ClN3O2/c16-12-4-2-1-3-11(12)9-18-15(21)19-13-6-5-10(8-17)7-14(13)20/h1-7,20H,9H2,(H2,18,19,21). The van der Waals surface area contributed by atoms with Gasteiger partial charge >= 0.3 is 6.03 Å². The molecule has 6 heteroatoms. The molecule has 2 aromatic rings. The first kappa shape index (κ1) is 14.7. The zero-order chi connectivity index (χ0) is 15.2. The zero-order valence-electron chi connectivity index (χ0n) is 10.9. The van der Waals surface area contributed by atoms with E-state index in [9.17, 15) is 9.90 Å². The molecule has 0 saturated carbocycles. The summed E-state index contributed by atoms with van der Waals surface area (Å²) < 4.78 is 0. The number of benzene rings is 2. The summed E-state index contributed by atoms with van der Waals surface area (Å²) >= 11 is 5.98. The van der Waals surface area contributed by atoms with E-state index in [4.69, 9.17) is 16.9 Å². The molecule has 0 heterocycles. The number of nitrogens with zero attached hydrogens (tertiary/aromatic N) is 1. The summed E-state index contributed by atoms with van der Waals surface area (Å²) in [5.74, 6) is -0.165. The van der Waals surface area contributed by atoms with E-state index in [1.807, 2.05) is 18.2 Å². The van der Waals surface area contributed by atoms with Gasteiger partial charge in [-0.1, -0.05) is 29.8 Å². The maximum atomic E-state index is 11.8. The average Bonchev–Trinajstić information content (AvgIpc) is 2.48. The van der Waals surface area contributed by atoms with Crippen LogP contribution >= 0.6 is 11.6 Å². The topological polar surface area (TPSA) is 85.2 Å². The Bertz CT molecular complexity index is 710. The lowest BCUT2D eigenvalue weighted by Crippen LogP contribution is -2.28. The van der Waals surface area contributed by atoms with Gasteiger partial charge in [0, 0.05) is 11.6 Å². The van der Waals surface area contributed by atoms with E-state index < -0.39 is 6.03 Å². The number of phenolic OH excluding ortho intramolecular Hbond substituents is 1. The van der Waals surface area contributed by atoms with Crippen molar-refractivity contribution in [2.24, 2.45) is 0 Å². The highest BCUT2D eigenvalue weighted by Crippen LogP contribution is 2.23. The van der Waals surface area contributed by atoms with E-state index in [1.165, 1.54) is 18.2 Å². The first-order valence-corrected chi connectivity index (χ1v) is 6.49. The highest BCUT2D eigenvalue weighted by atomic mass is 35.5. The van der Waals surface area contributed by atoms with Gasteiger partial charge in [0.25, 0.3) is 0 Å². The Kier molecular flexibility index (Phi) is 4.64. The normalized spacial score (nSPS) is 9.71. The molecular formula is C15H12ClN3O2. The number of nitrogens with one attached hydrogen (secondary N) is 2. The Morgan fingerprint density at radius 2 is 2.05 bits per heavy atom. The zero-order valence-corrected chi connectivity index (χ0v) is 11.7. The number of aromatic hydroxyl groups is 1. The number of phenols is 1. The number of urea groups is 1. The summed E-state index contributed by atoms with van der Waals surface area (Å²) in [6, 6.07) is 12.8. The van der Waals surface area contributed by atoms with Crippen LogP contribution in [0.3, 0.4) is 0 Å². The molecule has 0 unspecified atom stereocenters. The predicted molar refractivity (Wildman–Crippen MR) is 80.1 cm³/mol. The highest BCUT2D eigenvalue weighted by molar-refractivity contribution is 6.31. The van der Waals surface area contributed by atoms with Crippen LogP contribution in [0.25, 0.3) is 0 Å². The van der Waals surface area contributed by atoms with E-state index in [0.29, 0.717) is 10.6 Å². The molecule has 2 aromatic carbocycles. The van der Waals surface area contributed by atoms with Gasteiger partial charge in [0.2, 0.25) is 0 Å². The van der Waals surface area contributed by atoms with Crippen molar-refractivity contribution in [3.8, 4) is 11.8 Å². The number of rotatable bonds is 3. The molecule has 0 aromatic heterocycles. The fourth-order valence-electron chi connectivity index (χ4n) is 1.69. The van der Waals surface area contributed by atoms with Gasteiger partial charge in [-0.2, -0.15) is 5.26 Å². The smallest absolute Gasteiger partial charge is 0.319 e. The minimum absolute atomic E-state index is 0.165. The van der Waals surface area contributed by atoms with E-state index >= 15 is 0 Å². The number of hydrogen-bond donors (Lipinski definition) is 3. The summed E-state index contributed by atoms with van der Waals surface area (Å²) in [6.45, 7) is 0.266. The van der Waals surface area contributed by atoms with Gasteiger partial charge in [-0.25, -0.2) is 4.79 Å². The lowest BCUT2D eigenvalue weighted by Gasteiger charge is -2.10. The molecule has 0 aliphatic rings. The second-order valence-electron chi connectivity index (χ2n) is 4.24. The molecule has 0 radical (unpaired) electrons. The molecule has 21 heavy (non-hydrogen) atoms. The fourth-order valence-corrected chi connectivity index (χ4v) is 1.89. The van der Waals surface area contributed by atoms with Crippen molar-refractivity contribution in [3.63, 3.8) is 0 Å². The largest absolute Gasteiger partial charge is 0.506 e. The van der Waals surface area contributed by atoms with Gasteiger partial charge in [-0.3, -0.25) is 0 Å². The summed E-state index contributed by atoms with van der Waals surface area (Å²) in [4.78, 5) is 11.8. The molecule has 2 rings (SSSR count). The quantitative estimate of drug-likeness (QED) is 0.761. The van der Waals surface area contributed by atoms with Gasteiger partial charge in [-0.15, -0.1) is 0 Å². The predicted octanol–water partition coefficient (Wildman–Crippen LogP) is 3.24. The van der Waals surface area contributed by atoms with E-state index in [2.05, 4.69) is 10.6 Å². The molecule has 5 nitrogen and oxygen atoms in total. The molecule has 0 saturated heterocycles. The van der Waals surface area contributed by atoms with Crippen LogP contribution in [0.4, 0.5) is 10.5 Å². The summed E-state index contributed by atoms with van der Waals surface area (Å²) in [5, 5.41) is 24.1. The summed E-state index contributed by atoms with van der Waals surface area (Å²) in [7, 11) is 0. The minimum atomic E-state index is -0.477. The van der Waals surface area contributed by atoms with Crippen LogP contribution in [0.5, 0.6) is 5.75 Å². The number of halogens is 1. The van der Waals surface area contributed by atoms with Crippen LogP contribution in [-0.2, 0) is 6.54 Å². The maximum Gasteiger partial charge on any atom is 0.319 e. The average molecular weight is 302 g/mol. The third-order valence-electron chi connectivity index (χ3n) is 2.77. The number of hydrogen-bond acceptors (Lipinski definition) is 3. The van der Waals surface area contributed by atoms with Crippen molar-refractivity contribution in [1.82, 2.24) is 5.32 Å².